The molecule has 0 saturated carbocycles. The first kappa shape index (κ1) is 8.72. The van der Waals surface area contributed by atoms with Gasteiger partial charge < -0.3 is 4.90 Å². The lowest BCUT2D eigenvalue weighted by Crippen LogP contribution is -1.91. The molecule has 0 spiro atoms. The Morgan fingerprint density at radius 1 is 1.58 bits per heavy atom. The molecular formula is C9H10BN2. The van der Waals surface area contributed by atoms with Crippen molar-refractivity contribution in [1.82, 2.24) is 0 Å². The lowest BCUT2D eigenvalue weighted by atomic mass is 10.0. The molecule has 0 bridgehead atoms. The van der Waals surface area contributed by atoms with Crippen LogP contribution in [0.4, 0.5) is 0 Å². The second kappa shape index (κ2) is 4.49. The number of aliphatic imine (C=N–C) groups is 1. The van der Waals surface area contributed by atoms with Crippen LogP contribution in [0.15, 0.2) is 46.4 Å². The number of nitrogens with zero attached hydrogens (tertiary/aromatic N) is 2. The number of amidine groups is 1. The second-order valence-corrected chi connectivity index (χ2v) is 2.35. The first-order valence-electron chi connectivity index (χ1n) is 3.74. The summed E-state index contributed by atoms with van der Waals surface area (Å²) in [6.07, 6.45) is 9.15. The van der Waals surface area contributed by atoms with Crippen molar-refractivity contribution in [2.45, 2.75) is 6.92 Å². The first-order chi connectivity index (χ1) is 5.84. The van der Waals surface area contributed by atoms with Crippen LogP contribution in [0.25, 0.3) is 0 Å². The predicted octanol–water partition coefficient (Wildman–Crippen LogP) is 1.73. The molecule has 3 heteroatoms. The highest BCUT2D eigenvalue weighted by Crippen LogP contribution is 2.01. The molecule has 12 heavy (non-hydrogen) atoms. The maximum atomic E-state index is 4.06. The molecule has 0 saturated heterocycles. The molecule has 0 aromatic carbocycles. The Bertz CT molecular complexity index is 285. The summed E-state index contributed by atoms with van der Waals surface area (Å²) in [5.41, 5.74) is 1.05. The van der Waals surface area contributed by atoms with E-state index in [0.717, 1.165) is 11.4 Å². The minimum Gasteiger partial charge on any atom is -0.325 e. The average molecular weight is 157 g/mol. The van der Waals surface area contributed by atoms with Gasteiger partial charge in [0.25, 0.3) is 0 Å². The Kier molecular flexibility index (Phi) is 3.26. The van der Waals surface area contributed by atoms with Gasteiger partial charge in [-0.05, 0) is 18.6 Å². The van der Waals surface area contributed by atoms with E-state index in [1.54, 1.807) is 19.6 Å². The molecule has 0 aliphatic carbocycles. The summed E-state index contributed by atoms with van der Waals surface area (Å²) in [6.45, 7) is 5.55. The van der Waals surface area contributed by atoms with E-state index in [2.05, 4.69) is 16.5 Å². The number of rotatable bonds is 3. The van der Waals surface area contributed by atoms with Crippen LogP contribution in [0.5, 0.6) is 0 Å². The number of hydrogen-bond donors (Lipinski definition) is 0. The van der Waals surface area contributed by atoms with E-state index < -0.39 is 0 Å². The van der Waals surface area contributed by atoms with Crippen LogP contribution >= 0.6 is 0 Å². The van der Waals surface area contributed by atoms with Gasteiger partial charge in [0.05, 0.1) is 0 Å². The van der Waals surface area contributed by atoms with E-state index >= 15 is 0 Å². The monoisotopic (exact) mass is 157 g/mol. The van der Waals surface area contributed by atoms with Crippen LogP contribution in [-0.2, 0) is 0 Å². The molecular weight excluding hydrogens is 147 g/mol. The Morgan fingerprint density at radius 2 is 2.42 bits per heavy atom. The van der Waals surface area contributed by atoms with Crippen LogP contribution in [0.1, 0.15) is 6.92 Å². The number of hydrogen-bond acceptors (Lipinski definition) is 2. The molecule has 0 atom stereocenters. The molecule has 0 N–H and O–H groups in total. The van der Waals surface area contributed by atoms with E-state index in [0.29, 0.717) is 0 Å². The van der Waals surface area contributed by atoms with Gasteiger partial charge >= 0.3 is 7.41 Å². The summed E-state index contributed by atoms with van der Waals surface area (Å²) in [6, 6.07) is 0. The maximum Gasteiger partial charge on any atom is 0.327 e. The zero-order valence-corrected chi connectivity index (χ0v) is 7.07. The van der Waals surface area contributed by atoms with Crippen molar-refractivity contribution in [2.24, 2.45) is 9.90 Å². The molecule has 1 heterocycles. The van der Waals surface area contributed by atoms with Crippen LogP contribution < -0.4 is 0 Å². The molecule has 0 aromatic heterocycles. The third-order valence-corrected chi connectivity index (χ3v) is 1.41. The minimum absolute atomic E-state index is 0.781. The van der Waals surface area contributed by atoms with Gasteiger partial charge in [0.15, 0.2) is 0 Å². The molecule has 0 fully saturated rings. The summed E-state index contributed by atoms with van der Waals surface area (Å²) in [5, 5.41) is 0. The Hall–Kier alpha value is -1.38. The summed E-state index contributed by atoms with van der Waals surface area (Å²) < 4.78 is 0. The summed E-state index contributed by atoms with van der Waals surface area (Å²) >= 11 is 0. The van der Waals surface area contributed by atoms with Crippen molar-refractivity contribution in [3.8, 4) is 0 Å². The molecule has 1 rings (SSSR count). The Morgan fingerprint density at radius 3 is 3.00 bits per heavy atom. The van der Waals surface area contributed by atoms with Crippen LogP contribution in [0.2, 0.25) is 0 Å². The van der Waals surface area contributed by atoms with Crippen molar-refractivity contribution >= 4 is 19.4 Å². The SMILES string of the molecule is C=C/C=C\C=C(/C)C1=N[B]C=N1. The highest BCUT2D eigenvalue weighted by atomic mass is 14.9. The zero-order valence-electron chi connectivity index (χ0n) is 7.07. The summed E-state index contributed by atoms with van der Waals surface area (Å²) in [5.74, 6) is 0.781. The van der Waals surface area contributed by atoms with Gasteiger partial charge in [-0.1, -0.05) is 30.9 Å². The number of allylic oxidation sites excluding steroid dienone is 4. The van der Waals surface area contributed by atoms with E-state index in [-0.39, 0.29) is 0 Å². The van der Waals surface area contributed by atoms with E-state index in [1.165, 1.54) is 0 Å². The predicted molar refractivity (Wildman–Crippen MR) is 54.8 cm³/mol. The van der Waals surface area contributed by atoms with Crippen molar-refractivity contribution in [1.29, 1.82) is 0 Å². The highest BCUT2D eigenvalue weighted by molar-refractivity contribution is 6.70. The first-order valence-corrected chi connectivity index (χ1v) is 3.74. The lowest BCUT2D eigenvalue weighted by molar-refractivity contribution is 1.51. The molecule has 1 aliphatic rings. The quantitative estimate of drug-likeness (QED) is 0.440. The summed E-state index contributed by atoms with van der Waals surface area (Å²) in [7, 11) is 1.68. The Labute approximate surface area is 73.4 Å². The fourth-order valence-corrected chi connectivity index (χ4v) is 0.798. The normalized spacial score (nSPS) is 16.4. The third kappa shape index (κ3) is 2.34. The molecule has 1 radical (unpaired) electrons. The fourth-order valence-electron chi connectivity index (χ4n) is 0.798. The lowest BCUT2D eigenvalue weighted by Gasteiger charge is -1.93. The van der Waals surface area contributed by atoms with Crippen molar-refractivity contribution < 1.29 is 0 Å². The van der Waals surface area contributed by atoms with Crippen LogP contribution in [0.3, 0.4) is 0 Å². The van der Waals surface area contributed by atoms with Gasteiger partial charge in [-0.15, -0.1) is 0 Å². The minimum atomic E-state index is 0.781. The second-order valence-electron chi connectivity index (χ2n) is 2.35. The fraction of sp³-hybridized carbons (Fsp3) is 0.111. The standard InChI is InChI=1S/C9H10BN2/c1-3-4-5-6-8(2)9-11-7-10-12-9/h3-7H,1H2,2H3/b5-4-,8-6+. The van der Waals surface area contributed by atoms with E-state index in [9.17, 15) is 0 Å². The molecule has 59 valence electrons. The maximum absolute atomic E-state index is 4.06. The topological polar surface area (TPSA) is 24.7 Å². The van der Waals surface area contributed by atoms with Crippen molar-refractivity contribution in [3.63, 3.8) is 0 Å². The molecule has 0 aromatic rings. The van der Waals surface area contributed by atoms with Crippen molar-refractivity contribution in [2.75, 3.05) is 0 Å². The Balaban J connectivity index is 2.62. The van der Waals surface area contributed by atoms with Crippen LogP contribution in [-0.4, -0.2) is 19.4 Å². The smallest absolute Gasteiger partial charge is 0.325 e. The molecule has 2 nitrogen and oxygen atoms in total. The van der Waals surface area contributed by atoms with Crippen molar-refractivity contribution in [3.05, 3.63) is 36.5 Å². The summed E-state index contributed by atoms with van der Waals surface area (Å²) in [4.78, 5) is 8.11. The van der Waals surface area contributed by atoms with Gasteiger partial charge in [-0.2, -0.15) is 0 Å². The van der Waals surface area contributed by atoms with E-state index in [1.807, 2.05) is 25.2 Å². The molecule has 1 aliphatic heterocycles. The van der Waals surface area contributed by atoms with Gasteiger partial charge in [-0.3, -0.25) is 4.99 Å². The van der Waals surface area contributed by atoms with Gasteiger partial charge in [0, 0.05) is 0 Å². The van der Waals surface area contributed by atoms with E-state index in [4.69, 9.17) is 0 Å². The average Bonchev–Trinajstić information content (AvgIpc) is 2.56. The zero-order chi connectivity index (χ0) is 8.81. The van der Waals surface area contributed by atoms with Gasteiger partial charge in [-0.25, -0.2) is 0 Å². The molecule has 0 unspecified atom stereocenters. The highest BCUT2D eigenvalue weighted by Gasteiger charge is 2.02. The largest absolute Gasteiger partial charge is 0.327 e. The van der Waals surface area contributed by atoms with Gasteiger partial charge in [0.2, 0.25) is 0 Å². The molecule has 0 amide bonds. The third-order valence-electron chi connectivity index (χ3n) is 1.41. The van der Waals surface area contributed by atoms with Gasteiger partial charge in [0.1, 0.15) is 5.84 Å². The van der Waals surface area contributed by atoms with Crippen LogP contribution in [0, 0.1) is 0 Å².